The van der Waals surface area contributed by atoms with Gasteiger partial charge in [-0.05, 0) is 6.92 Å². The smallest absolute Gasteiger partial charge is 0.324 e. The van der Waals surface area contributed by atoms with Crippen molar-refractivity contribution in [2.75, 3.05) is 39.3 Å². The molecule has 7 nitrogen and oxygen atoms in total. The van der Waals surface area contributed by atoms with Gasteiger partial charge in [0.2, 0.25) is 5.95 Å². The van der Waals surface area contributed by atoms with E-state index in [2.05, 4.69) is 20.3 Å². The molecule has 0 amide bonds. The molecule has 0 aliphatic rings. The molecule has 0 aliphatic carbocycles. The van der Waals surface area contributed by atoms with Crippen LogP contribution in [0, 0.1) is 0 Å². The molecule has 1 rings (SSSR count). The SMILES string of the molecule is CCOc1nc(NC)nc(OCCCOC)n1. The lowest BCUT2D eigenvalue weighted by Crippen LogP contribution is -2.08. The van der Waals surface area contributed by atoms with Gasteiger partial charge in [-0.25, -0.2) is 0 Å². The van der Waals surface area contributed by atoms with Crippen LogP contribution in [0.5, 0.6) is 12.0 Å². The molecule has 0 saturated heterocycles. The number of methoxy groups -OCH3 is 1. The minimum absolute atomic E-state index is 0.254. The standard InChI is InChI=1S/C10H18N4O3/c1-4-16-9-12-8(11-2)13-10(14-9)17-7-5-6-15-3/h4-7H2,1-3H3,(H,11,12,13,14). The first kappa shape index (κ1) is 13.4. The molecule has 1 N–H and O–H groups in total. The average Bonchev–Trinajstić information content (AvgIpc) is 2.35. The van der Waals surface area contributed by atoms with Gasteiger partial charge >= 0.3 is 12.0 Å². The van der Waals surface area contributed by atoms with Crippen LogP contribution >= 0.6 is 0 Å². The first-order valence-electron chi connectivity index (χ1n) is 5.48. The minimum Gasteiger partial charge on any atom is -0.464 e. The van der Waals surface area contributed by atoms with E-state index in [1.807, 2.05) is 6.92 Å². The van der Waals surface area contributed by atoms with Gasteiger partial charge in [0.25, 0.3) is 0 Å². The monoisotopic (exact) mass is 242 g/mol. The summed E-state index contributed by atoms with van der Waals surface area (Å²) in [6, 6.07) is 0.512. The van der Waals surface area contributed by atoms with Crippen LogP contribution in [0.25, 0.3) is 0 Å². The molecule has 17 heavy (non-hydrogen) atoms. The number of nitrogens with zero attached hydrogens (tertiary/aromatic N) is 3. The molecule has 0 aliphatic heterocycles. The number of nitrogens with one attached hydrogen (secondary N) is 1. The number of hydrogen-bond donors (Lipinski definition) is 1. The number of rotatable bonds is 8. The van der Waals surface area contributed by atoms with E-state index < -0.39 is 0 Å². The van der Waals surface area contributed by atoms with Crippen LogP contribution in [-0.4, -0.2) is 48.9 Å². The Balaban J connectivity index is 2.59. The van der Waals surface area contributed by atoms with Crippen molar-refractivity contribution in [1.29, 1.82) is 0 Å². The second-order valence-corrected chi connectivity index (χ2v) is 3.10. The molecule has 1 heterocycles. The Kier molecular flexibility index (Phi) is 6.02. The topological polar surface area (TPSA) is 78.4 Å². The van der Waals surface area contributed by atoms with E-state index in [-0.39, 0.29) is 12.0 Å². The molecule has 0 fully saturated rings. The summed E-state index contributed by atoms with van der Waals surface area (Å²) in [6.45, 7) is 3.49. The van der Waals surface area contributed by atoms with Gasteiger partial charge in [-0.2, -0.15) is 9.97 Å². The molecule has 7 heteroatoms. The molecular weight excluding hydrogens is 224 g/mol. The van der Waals surface area contributed by atoms with Crippen molar-refractivity contribution in [2.24, 2.45) is 0 Å². The number of aromatic nitrogens is 3. The zero-order valence-electron chi connectivity index (χ0n) is 10.4. The molecular formula is C10H18N4O3. The summed E-state index contributed by atoms with van der Waals surface area (Å²) in [7, 11) is 3.37. The third-order valence-electron chi connectivity index (χ3n) is 1.82. The van der Waals surface area contributed by atoms with Crippen molar-refractivity contribution >= 4 is 5.95 Å². The van der Waals surface area contributed by atoms with Crippen LogP contribution in [0.1, 0.15) is 13.3 Å². The van der Waals surface area contributed by atoms with Gasteiger partial charge in [-0.1, -0.05) is 0 Å². The molecule has 0 aromatic carbocycles. The van der Waals surface area contributed by atoms with Gasteiger partial charge in [-0.15, -0.1) is 4.98 Å². The van der Waals surface area contributed by atoms with Crippen LogP contribution in [0.2, 0.25) is 0 Å². The highest BCUT2D eigenvalue weighted by Gasteiger charge is 2.06. The maximum absolute atomic E-state index is 5.38. The van der Waals surface area contributed by atoms with Gasteiger partial charge in [0.15, 0.2) is 0 Å². The highest BCUT2D eigenvalue weighted by molar-refractivity contribution is 5.26. The number of anilines is 1. The van der Waals surface area contributed by atoms with Crippen molar-refractivity contribution in [2.45, 2.75) is 13.3 Å². The lowest BCUT2D eigenvalue weighted by atomic mass is 10.5. The van der Waals surface area contributed by atoms with Crippen molar-refractivity contribution in [3.8, 4) is 12.0 Å². The maximum Gasteiger partial charge on any atom is 0.324 e. The Morgan fingerprint density at radius 2 is 1.76 bits per heavy atom. The Bertz CT molecular complexity index is 335. The third kappa shape index (κ3) is 4.81. The van der Waals surface area contributed by atoms with E-state index in [1.54, 1.807) is 14.2 Å². The van der Waals surface area contributed by atoms with Gasteiger partial charge in [0, 0.05) is 27.2 Å². The minimum atomic E-state index is 0.254. The molecule has 0 atom stereocenters. The molecule has 1 aromatic rings. The van der Waals surface area contributed by atoms with Crippen molar-refractivity contribution in [3.63, 3.8) is 0 Å². The summed E-state index contributed by atoms with van der Waals surface area (Å²) in [4.78, 5) is 12.1. The lowest BCUT2D eigenvalue weighted by Gasteiger charge is -2.07. The second-order valence-electron chi connectivity index (χ2n) is 3.10. The lowest BCUT2D eigenvalue weighted by molar-refractivity contribution is 0.168. The third-order valence-corrected chi connectivity index (χ3v) is 1.82. The van der Waals surface area contributed by atoms with Crippen LogP contribution in [0.15, 0.2) is 0 Å². The van der Waals surface area contributed by atoms with Crippen molar-refractivity contribution in [1.82, 2.24) is 15.0 Å². The van der Waals surface area contributed by atoms with Crippen molar-refractivity contribution < 1.29 is 14.2 Å². The molecule has 96 valence electrons. The Hall–Kier alpha value is -1.63. The molecule has 1 aromatic heterocycles. The second kappa shape index (κ2) is 7.61. The first-order chi connectivity index (χ1) is 8.30. The van der Waals surface area contributed by atoms with Gasteiger partial charge in [0.05, 0.1) is 13.2 Å². The Morgan fingerprint density at radius 1 is 1.06 bits per heavy atom. The zero-order valence-corrected chi connectivity index (χ0v) is 10.4. The highest BCUT2D eigenvalue weighted by Crippen LogP contribution is 2.12. The van der Waals surface area contributed by atoms with Crippen LogP contribution in [0.3, 0.4) is 0 Å². The summed E-state index contributed by atoms with van der Waals surface area (Å²) >= 11 is 0. The largest absolute Gasteiger partial charge is 0.464 e. The molecule has 0 unspecified atom stereocenters. The van der Waals surface area contributed by atoms with E-state index in [1.165, 1.54) is 0 Å². The quantitative estimate of drug-likeness (QED) is 0.673. The highest BCUT2D eigenvalue weighted by atomic mass is 16.5. The van der Waals surface area contributed by atoms with E-state index >= 15 is 0 Å². The van der Waals surface area contributed by atoms with E-state index in [0.717, 1.165) is 6.42 Å². The van der Waals surface area contributed by atoms with Gasteiger partial charge in [0.1, 0.15) is 0 Å². The van der Waals surface area contributed by atoms with Crippen LogP contribution in [0.4, 0.5) is 5.95 Å². The molecule has 0 saturated carbocycles. The summed E-state index contributed by atoms with van der Waals surface area (Å²) in [5.41, 5.74) is 0. The van der Waals surface area contributed by atoms with Crippen molar-refractivity contribution in [3.05, 3.63) is 0 Å². The Labute approximate surface area is 101 Å². The van der Waals surface area contributed by atoms with Gasteiger partial charge < -0.3 is 19.5 Å². The molecule has 0 bridgehead atoms. The summed E-state index contributed by atoms with van der Waals surface area (Å²) in [5, 5.41) is 2.82. The summed E-state index contributed by atoms with van der Waals surface area (Å²) < 4.78 is 15.5. The Morgan fingerprint density at radius 3 is 2.35 bits per heavy atom. The predicted octanol–water partition coefficient (Wildman–Crippen LogP) is 0.727. The average molecular weight is 242 g/mol. The van der Waals surface area contributed by atoms with E-state index in [0.29, 0.717) is 25.8 Å². The van der Waals surface area contributed by atoms with E-state index in [4.69, 9.17) is 14.2 Å². The van der Waals surface area contributed by atoms with Gasteiger partial charge in [-0.3, -0.25) is 0 Å². The maximum atomic E-state index is 5.38. The predicted molar refractivity (Wildman–Crippen MR) is 62.5 cm³/mol. The summed E-state index contributed by atoms with van der Waals surface area (Å²) in [6.07, 6.45) is 0.779. The van der Waals surface area contributed by atoms with E-state index in [9.17, 15) is 0 Å². The molecule has 0 radical (unpaired) electrons. The van der Waals surface area contributed by atoms with Crippen LogP contribution < -0.4 is 14.8 Å². The zero-order chi connectivity index (χ0) is 12.5. The fourth-order valence-electron chi connectivity index (χ4n) is 1.07. The first-order valence-corrected chi connectivity index (χ1v) is 5.48. The fourth-order valence-corrected chi connectivity index (χ4v) is 1.07. The van der Waals surface area contributed by atoms with Crippen LogP contribution in [-0.2, 0) is 4.74 Å². The molecule has 0 spiro atoms. The summed E-state index contributed by atoms with van der Waals surface area (Å²) in [5.74, 6) is 0.421. The normalized spacial score (nSPS) is 10.1. The fraction of sp³-hybridized carbons (Fsp3) is 0.700. The number of hydrogen-bond acceptors (Lipinski definition) is 7. The number of ether oxygens (including phenoxy) is 3.